The van der Waals surface area contributed by atoms with Gasteiger partial charge in [0.25, 0.3) is 5.91 Å². The van der Waals surface area contributed by atoms with Crippen molar-refractivity contribution in [2.45, 2.75) is 43.7 Å². The number of hydrogen-bond donors (Lipinski definition) is 1. The SMILES string of the molecule is CO/N=C(\CN(C)C(=O)c1cc(Cl)cc(Cl)c1)C(CCN1CCC(N2CC(CC(=O)OC)NCC2=O)CC1)c1ccc(Cl)c(Cl)c1. The average molecular weight is 716 g/mol. The molecule has 0 bridgehead atoms. The Morgan fingerprint density at radius 2 is 1.74 bits per heavy atom. The van der Waals surface area contributed by atoms with Gasteiger partial charge in [0.2, 0.25) is 5.91 Å². The molecule has 10 nitrogen and oxygen atoms in total. The number of piperidine rings is 1. The molecule has 0 aromatic heterocycles. The summed E-state index contributed by atoms with van der Waals surface area (Å²) in [5.74, 6) is -0.740. The summed E-state index contributed by atoms with van der Waals surface area (Å²) in [6.07, 6.45) is 2.55. The molecule has 2 fully saturated rings. The topological polar surface area (TPSA) is 104 Å². The number of nitrogens with zero attached hydrogens (tertiary/aromatic N) is 4. The summed E-state index contributed by atoms with van der Waals surface area (Å²) in [5, 5.41) is 9.13. The van der Waals surface area contributed by atoms with Crippen LogP contribution in [-0.4, -0.2) is 111 Å². The van der Waals surface area contributed by atoms with E-state index in [1.165, 1.54) is 14.2 Å². The fourth-order valence-corrected chi connectivity index (χ4v) is 6.90. The molecule has 1 N–H and O–H groups in total. The third kappa shape index (κ3) is 9.71. The second-order valence-electron chi connectivity index (χ2n) is 11.6. The van der Waals surface area contributed by atoms with E-state index in [0.29, 0.717) is 44.3 Å². The normalized spacial score (nSPS) is 18.8. The summed E-state index contributed by atoms with van der Waals surface area (Å²) in [5.41, 5.74) is 1.91. The molecular weight excluding hydrogens is 676 g/mol. The summed E-state index contributed by atoms with van der Waals surface area (Å²) in [6, 6.07) is 10.2. The number of rotatable bonds is 12. The van der Waals surface area contributed by atoms with Crippen LogP contribution in [0, 0.1) is 0 Å². The molecule has 2 atom stereocenters. The van der Waals surface area contributed by atoms with Crippen LogP contribution in [0.2, 0.25) is 20.1 Å². The zero-order chi connectivity index (χ0) is 33.4. The van der Waals surface area contributed by atoms with Crippen molar-refractivity contribution in [1.82, 2.24) is 20.0 Å². The molecule has 2 aliphatic rings. The van der Waals surface area contributed by atoms with Gasteiger partial charge in [-0.05, 0) is 61.7 Å². The summed E-state index contributed by atoms with van der Waals surface area (Å²) in [4.78, 5) is 49.0. The van der Waals surface area contributed by atoms with Gasteiger partial charge in [-0.1, -0.05) is 57.6 Å². The number of piperazine rings is 1. The van der Waals surface area contributed by atoms with Crippen molar-refractivity contribution in [3.63, 3.8) is 0 Å². The lowest BCUT2D eigenvalue weighted by atomic mass is 9.89. The second kappa shape index (κ2) is 17.0. The molecule has 0 aliphatic carbocycles. The maximum absolute atomic E-state index is 13.3. The van der Waals surface area contributed by atoms with E-state index in [1.807, 2.05) is 17.0 Å². The summed E-state index contributed by atoms with van der Waals surface area (Å²) >= 11 is 25.0. The van der Waals surface area contributed by atoms with Gasteiger partial charge in [-0.2, -0.15) is 0 Å². The van der Waals surface area contributed by atoms with Crippen LogP contribution in [0.15, 0.2) is 41.6 Å². The van der Waals surface area contributed by atoms with Gasteiger partial charge in [0, 0.05) is 60.3 Å². The first-order chi connectivity index (χ1) is 22.0. The molecule has 14 heteroatoms. The van der Waals surface area contributed by atoms with Crippen LogP contribution >= 0.6 is 46.4 Å². The van der Waals surface area contributed by atoms with Crippen LogP contribution in [0.5, 0.6) is 0 Å². The zero-order valence-corrected chi connectivity index (χ0v) is 29.1. The second-order valence-corrected chi connectivity index (χ2v) is 13.3. The first-order valence-electron chi connectivity index (χ1n) is 15.1. The van der Waals surface area contributed by atoms with E-state index in [1.54, 1.807) is 36.2 Å². The Kier molecular flexibility index (Phi) is 13.4. The molecule has 0 saturated carbocycles. The van der Waals surface area contributed by atoms with Gasteiger partial charge in [-0.15, -0.1) is 0 Å². The van der Waals surface area contributed by atoms with Crippen molar-refractivity contribution in [1.29, 1.82) is 0 Å². The number of methoxy groups -OCH3 is 1. The smallest absolute Gasteiger partial charge is 0.307 e. The van der Waals surface area contributed by atoms with E-state index in [2.05, 4.69) is 15.4 Å². The quantitative estimate of drug-likeness (QED) is 0.179. The minimum absolute atomic E-state index is 0.0541. The Morgan fingerprint density at radius 3 is 2.37 bits per heavy atom. The van der Waals surface area contributed by atoms with Crippen LogP contribution in [0.4, 0.5) is 0 Å². The average Bonchev–Trinajstić information content (AvgIpc) is 3.03. The Labute approximate surface area is 289 Å². The fourth-order valence-electron chi connectivity index (χ4n) is 6.06. The van der Waals surface area contributed by atoms with Gasteiger partial charge in [-0.3, -0.25) is 14.4 Å². The minimum atomic E-state index is -0.293. The highest BCUT2D eigenvalue weighted by atomic mass is 35.5. The molecular formula is C32H39Cl4N5O5. The van der Waals surface area contributed by atoms with Gasteiger partial charge in [-0.25, -0.2) is 0 Å². The lowest BCUT2D eigenvalue weighted by Crippen LogP contribution is -2.59. The number of carbonyl (C=O) groups is 3. The number of ether oxygens (including phenoxy) is 1. The predicted octanol–water partition coefficient (Wildman–Crippen LogP) is 5.38. The van der Waals surface area contributed by atoms with E-state index in [9.17, 15) is 14.4 Å². The number of hydrogen-bond acceptors (Lipinski definition) is 8. The Balaban J connectivity index is 1.44. The number of amides is 2. The van der Waals surface area contributed by atoms with E-state index < -0.39 is 0 Å². The van der Waals surface area contributed by atoms with Crippen molar-refractivity contribution in [3.05, 3.63) is 67.6 Å². The Bertz CT molecular complexity index is 1420. The maximum Gasteiger partial charge on any atom is 0.307 e. The van der Waals surface area contributed by atoms with Crippen molar-refractivity contribution >= 4 is 69.9 Å². The minimum Gasteiger partial charge on any atom is -0.469 e. The van der Waals surface area contributed by atoms with Crippen LogP contribution in [0.3, 0.4) is 0 Å². The van der Waals surface area contributed by atoms with E-state index >= 15 is 0 Å². The highest BCUT2D eigenvalue weighted by Crippen LogP contribution is 2.31. The Morgan fingerprint density at radius 1 is 1.04 bits per heavy atom. The number of benzene rings is 2. The molecule has 2 saturated heterocycles. The number of nitrogens with one attached hydrogen (secondary N) is 1. The predicted molar refractivity (Wildman–Crippen MR) is 181 cm³/mol. The van der Waals surface area contributed by atoms with Gasteiger partial charge in [0.15, 0.2) is 0 Å². The molecule has 46 heavy (non-hydrogen) atoms. The molecule has 2 amide bonds. The third-order valence-corrected chi connectivity index (χ3v) is 9.64. The van der Waals surface area contributed by atoms with Crippen molar-refractivity contribution < 1.29 is 24.0 Å². The molecule has 0 spiro atoms. The highest BCUT2D eigenvalue weighted by molar-refractivity contribution is 6.42. The summed E-state index contributed by atoms with van der Waals surface area (Å²) in [7, 11) is 4.53. The largest absolute Gasteiger partial charge is 0.469 e. The van der Waals surface area contributed by atoms with E-state index in [-0.39, 0.29) is 55.3 Å². The number of likely N-dealkylation sites (tertiary alicyclic amines) is 1. The molecule has 2 aliphatic heterocycles. The summed E-state index contributed by atoms with van der Waals surface area (Å²) in [6.45, 7) is 3.24. The van der Waals surface area contributed by atoms with Crippen molar-refractivity contribution in [3.8, 4) is 0 Å². The molecule has 2 aromatic carbocycles. The van der Waals surface area contributed by atoms with E-state index in [4.69, 9.17) is 56.0 Å². The molecule has 4 rings (SSSR count). The molecule has 2 heterocycles. The third-order valence-electron chi connectivity index (χ3n) is 8.46. The van der Waals surface area contributed by atoms with Gasteiger partial charge >= 0.3 is 5.97 Å². The van der Waals surface area contributed by atoms with Crippen LogP contribution < -0.4 is 5.32 Å². The maximum atomic E-state index is 13.3. The summed E-state index contributed by atoms with van der Waals surface area (Å²) < 4.78 is 4.81. The van der Waals surface area contributed by atoms with Gasteiger partial charge in [0.1, 0.15) is 7.11 Å². The number of halogens is 4. The van der Waals surface area contributed by atoms with Gasteiger partial charge < -0.3 is 29.6 Å². The highest BCUT2D eigenvalue weighted by Gasteiger charge is 2.34. The first-order valence-corrected chi connectivity index (χ1v) is 16.6. The molecule has 2 aromatic rings. The molecule has 2 unspecified atom stereocenters. The van der Waals surface area contributed by atoms with Crippen molar-refractivity contribution in [2.75, 3.05) is 60.5 Å². The fraction of sp³-hybridized carbons (Fsp3) is 0.500. The monoisotopic (exact) mass is 713 g/mol. The number of oxime groups is 1. The Hall–Kier alpha value is -2.60. The number of esters is 1. The number of carbonyl (C=O) groups excluding carboxylic acids is 3. The lowest BCUT2D eigenvalue weighted by molar-refractivity contribution is -0.144. The first kappa shape index (κ1) is 36.2. The molecule has 250 valence electrons. The molecule has 0 radical (unpaired) electrons. The van der Waals surface area contributed by atoms with Crippen LogP contribution in [-0.2, 0) is 19.2 Å². The van der Waals surface area contributed by atoms with Crippen LogP contribution in [0.25, 0.3) is 0 Å². The van der Waals surface area contributed by atoms with Gasteiger partial charge in [0.05, 0.1) is 42.4 Å². The van der Waals surface area contributed by atoms with Crippen LogP contribution in [0.1, 0.15) is 47.5 Å². The van der Waals surface area contributed by atoms with Crippen molar-refractivity contribution in [2.24, 2.45) is 5.16 Å². The lowest BCUT2D eigenvalue weighted by Gasteiger charge is -2.42. The standard InChI is InChI=1S/C32H39Cl4N5O5/c1-39(32(44)21-12-22(33)15-23(34)13-21)19-29(38-46-3)26(20-4-5-27(35)28(36)14-20)8-11-40-9-6-25(7-10-40)41-18-24(16-31(43)45-2)37-17-30(41)42/h4-5,12-15,24-26,37H,6-11,16-19H2,1-3H3/b38-29+. The van der Waals surface area contributed by atoms with E-state index in [0.717, 1.165) is 38.0 Å². The zero-order valence-electron chi connectivity index (χ0n) is 26.1.